The van der Waals surface area contributed by atoms with E-state index in [4.69, 9.17) is 17.2 Å². The molecule has 0 aliphatic rings. The number of carbonyl (C=O) groups is 10. The second-order valence-corrected chi connectivity index (χ2v) is 14.6. The van der Waals surface area contributed by atoms with Crippen LogP contribution in [0.25, 0.3) is 0 Å². The van der Waals surface area contributed by atoms with E-state index in [0.717, 1.165) is 6.92 Å². The highest BCUT2D eigenvalue weighted by molar-refractivity contribution is 7.80. The van der Waals surface area contributed by atoms with Gasteiger partial charge < -0.3 is 79.7 Å². The number of phenolic OH excluding ortho intramolecular Hbond substituents is 1. The smallest absolute Gasteiger partial charge is 0.326 e. The summed E-state index contributed by atoms with van der Waals surface area (Å²) in [5.41, 5.74) is 17.0. The molecule has 1 aromatic rings. The number of carboxylic acid groups (broad SMARTS) is 4. The third-order valence-corrected chi connectivity index (χ3v) is 9.37. The SMILES string of the molecule is C[C@@H](O)[C@H](NC(=O)[C@H](CCC(=O)O)NC(=O)[C@@H](N)Cc1ccc(O)cc1)C(=O)N[C@@H](CS)C(=O)N[C@@H](CCC(=O)O)C(=O)N[C@@H](CCC(=O)O)C(=O)N[C@@H](CCCN=C(N)N)C(=O)O. The van der Waals surface area contributed by atoms with Gasteiger partial charge in [0, 0.05) is 31.6 Å². The maximum absolute atomic E-state index is 13.5. The van der Waals surface area contributed by atoms with Gasteiger partial charge in [-0.05, 0) is 63.1 Å². The summed E-state index contributed by atoms with van der Waals surface area (Å²) in [5, 5.41) is 70.7. The van der Waals surface area contributed by atoms with Gasteiger partial charge in [0.25, 0.3) is 0 Å². The zero-order valence-corrected chi connectivity index (χ0v) is 35.5. The standard InChI is InChI=1S/C37H56N10O16S/c1-17(48)29(47-33(59)23(10-13-28(54)55)42-30(56)20(38)15-18-4-6-19(49)7-5-18)35(61)46-25(16-64)34(60)44-21(8-11-26(50)51)31(57)43-22(9-12-27(52)53)32(58)45-24(36(62)63)3-2-14-41-37(39)40/h4-7,17,20-25,29,48-49,64H,2-3,8-16,38H2,1H3,(H,42,56)(H,43,57)(H,44,60)(H,45,58)(H,46,61)(H,47,59)(H,50,51)(H,52,53)(H,54,55)(H,62,63)(H4,39,40,41)/t17-,20+,21+,22+,23+,24+,25+,29+/m1/s1. The van der Waals surface area contributed by atoms with Gasteiger partial charge >= 0.3 is 23.9 Å². The third-order valence-electron chi connectivity index (χ3n) is 9.01. The van der Waals surface area contributed by atoms with Gasteiger partial charge in [0.05, 0.1) is 12.1 Å². The lowest BCUT2D eigenvalue weighted by Gasteiger charge is -2.28. The van der Waals surface area contributed by atoms with Crippen molar-refractivity contribution in [3.05, 3.63) is 29.8 Å². The molecule has 0 aliphatic heterocycles. The fourth-order valence-corrected chi connectivity index (χ4v) is 5.82. The first-order valence-electron chi connectivity index (χ1n) is 19.5. The zero-order valence-electron chi connectivity index (χ0n) is 34.6. The molecule has 27 heteroatoms. The normalized spacial score (nSPS) is 14.6. The molecular formula is C37H56N10O16S. The molecule has 0 aliphatic carbocycles. The molecule has 0 spiro atoms. The fraction of sp³-hybridized carbons (Fsp3) is 0.541. The second kappa shape index (κ2) is 28.1. The number of aliphatic hydroxyl groups is 1. The maximum Gasteiger partial charge on any atom is 0.326 e. The summed E-state index contributed by atoms with van der Waals surface area (Å²) in [7, 11) is 0. The minimum atomic E-state index is -1.86. The predicted octanol–water partition coefficient (Wildman–Crippen LogP) is -4.79. The first-order chi connectivity index (χ1) is 29.9. The summed E-state index contributed by atoms with van der Waals surface area (Å²) >= 11 is 4.05. The molecule has 8 atom stereocenters. The van der Waals surface area contributed by atoms with Gasteiger partial charge in [-0.25, -0.2) is 4.79 Å². The van der Waals surface area contributed by atoms with Crippen LogP contribution >= 0.6 is 12.6 Å². The average Bonchev–Trinajstić information content (AvgIpc) is 3.21. The van der Waals surface area contributed by atoms with E-state index in [1.165, 1.54) is 24.3 Å². The molecule has 1 rings (SSSR count). The molecule has 0 bridgehead atoms. The summed E-state index contributed by atoms with van der Waals surface area (Å²) in [6, 6.07) is -5.72. The van der Waals surface area contributed by atoms with Crippen molar-refractivity contribution < 1.29 is 78.6 Å². The highest BCUT2D eigenvalue weighted by Gasteiger charge is 2.35. The van der Waals surface area contributed by atoms with E-state index >= 15 is 0 Å². The van der Waals surface area contributed by atoms with Gasteiger partial charge in [-0.15, -0.1) is 0 Å². The van der Waals surface area contributed by atoms with E-state index in [1.54, 1.807) is 0 Å². The number of hydrogen-bond acceptors (Lipinski definition) is 15. The highest BCUT2D eigenvalue weighted by Crippen LogP contribution is 2.12. The van der Waals surface area contributed by atoms with Crippen molar-refractivity contribution in [3.8, 4) is 5.75 Å². The molecule has 0 fully saturated rings. The van der Waals surface area contributed by atoms with Gasteiger partial charge in [-0.2, -0.15) is 12.6 Å². The third kappa shape index (κ3) is 21.4. The van der Waals surface area contributed by atoms with Crippen LogP contribution in [0.2, 0.25) is 0 Å². The minimum Gasteiger partial charge on any atom is -0.508 e. The van der Waals surface area contributed by atoms with E-state index in [0.29, 0.717) is 5.56 Å². The van der Waals surface area contributed by atoms with E-state index in [9.17, 15) is 78.6 Å². The van der Waals surface area contributed by atoms with Crippen molar-refractivity contribution in [2.75, 3.05) is 12.3 Å². The Kier molecular flexibility index (Phi) is 24.2. The molecule has 0 aromatic heterocycles. The Hall–Kier alpha value is -6.74. The number of aliphatic imine (C=N–C) groups is 1. The van der Waals surface area contributed by atoms with Crippen LogP contribution < -0.4 is 49.1 Å². The molecular weight excluding hydrogens is 873 g/mol. The van der Waals surface area contributed by atoms with Crippen molar-refractivity contribution in [1.29, 1.82) is 0 Å². The molecule has 6 amide bonds. The Balaban J connectivity index is 3.23. The zero-order chi connectivity index (χ0) is 48.7. The Morgan fingerprint density at radius 1 is 0.609 bits per heavy atom. The van der Waals surface area contributed by atoms with E-state index < -0.39 is 152 Å². The molecule has 0 saturated carbocycles. The topological polar surface area (TPSA) is 455 Å². The number of phenols is 1. The first-order valence-corrected chi connectivity index (χ1v) is 20.2. The molecule has 0 radical (unpaired) electrons. The molecule has 356 valence electrons. The lowest BCUT2D eigenvalue weighted by molar-refractivity contribution is -0.143. The molecule has 1 aromatic carbocycles. The van der Waals surface area contributed by atoms with Crippen LogP contribution in [0.4, 0.5) is 0 Å². The van der Waals surface area contributed by atoms with Crippen LogP contribution in [0, 0.1) is 0 Å². The number of benzene rings is 1. The monoisotopic (exact) mass is 928 g/mol. The van der Waals surface area contributed by atoms with Crippen molar-refractivity contribution in [2.24, 2.45) is 22.2 Å². The summed E-state index contributed by atoms with van der Waals surface area (Å²) in [6.07, 6.45) is -5.62. The number of amides is 6. The Bertz CT molecular complexity index is 1850. The van der Waals surface area contributed by atoms with Crippen LogP contribution in [0.15, 0.2) is 29.3 Å². The van der Waals surface area contributed by atoms with Crippen molar-refractivity contribution in [3.63, 3.8) is 0 Å². The number of guanidine groups is 1. The minimum absolute atomic E-state index is 0.00302. The number of aliphatic hydroxyl groups excluding tert-OH is 1. The summed E-state index contributed by atoms with van der Waals surface area (Å²) in [6.45, 7) is 1.08. The van der Waals surface area contributed by atoms with Crippen LogP contribution in [-0.4, -0.2) is 157 Å². The molecule has 0 heterocycles. The van der Waals surface area contributed by atoms with Gasteiger partial charge in [0.2, 0.25) is 35.4 Å². The van der Waals surface area contributed by atoms with Gasteiger partial charge in [0.15, 0.2) is 5.96 Å². The van der Waals surface area contributed by atoms with Crippen LogP contribution in [0.3, 0.4) is 0 Å². The van der Waals surface area contributed by atoms with Crippen molar-refractivity contribution in [1.82, 2.24) is 31.9 Å². The number of carboxylic acids is 4. The van der Waals surface area contributed by atoms with Gasteiger partial charge in [0.1, 0.15) is 42.0 Å². The Morgan fingerprint density at radius 3 is 1.42 bits per heavy atom. The summed E-state index contributed by atoms with van der Waals surface area (Å²) in [4.78, 5) is 130. The largest absolute Gasteiger partial charge is 0.508 e. The predicted molar refractivity (Wildman–Crippen MR) is 225 cm³/mol. The van der Waals surface area contributed by atoms with Crippen LogP contribution in [0.1, 0.15) is 63.9 Å². The number of nitrogens with two attached hydrogens (primary N) is 3. The average molecular weight is 929 g/mol. The second-order valence-electron chi connectivity index (χ2n) is 14.3. The number of aliphatic carboxylic acids is 4. The molecule has 18 N–H and O–H groups in total. The number of thiol groups is 1. The van der Waals surface area contributed by atoms with Crippen molar-refractivity contribution in [2.45, 2.75) is 113 Å². The lowest BCUT2D eigenvalue weighted by Crippen LogP contribution is -2.62. The molecule has 26 nitrogen and oxygen atoms in total. The van der Waals surface area contributed by atoms with Crippen LogP contribution in [-0.2, 0) is 54.4 Å². The van der Waals surface area contributed by atoms with E-state index in [1.807, 2.05) is 0 Å². The highest BCUT2D eigenvalue weighted by atomic mass is 32.1. The van der Waals surface area contributed by atoms with Crippen molar-refractivity contribution >= 4 is 77.9 Å². The summed E-state index contributed by atoms with van der Waals surface area (Å²) < 4.78 is 0. The Morgan fingerprint density at radius 2 is 1.02 bits per heavy atom. The number of carbonyl (C=O) groups excluding carboxylic acids is 6. The molecule has 64 heavy (non-hydrogen) atoms. The van der Waals surface area contributed by atoms with Crippen LogP contribution in [0.5, 0.6) is 5.75 Å². The van der Waals surface area contributed by atoms with E-state index in [2.05, 4.69) is 49.5 Å². The number of rotatable bonds is 30. The Labute approximate surface area is 370 Å². The number of nitrogens with one attached hydrogen (secondary N) is 6. The number of hydrogen-bond donors (Lipinski definition) is 16. The maximum atomic E-state index is 13.5. The molecule has 0 saturated heterocycles. The summed E-state index contributed by atoms with van der Waals surface area (Å²) in [5.74, 6) is -13.2. The fourth-order valence-electron chi connectivity index (χ4n) is 5.56. The molecule has 0 unspecified atom stereocenters. The van der Waals surface area contributed by atoms with Gasteiger partial charge in [-0.3, -0.25) is 48.1 Å². The quantitative estimate of drug-likeness (QED) is 0.0149. The first kappa shape index (κ1) is 55.3. The lowest BCUT2D eigenvalue weighted by atomic mass is 10.0. The number of nitrogens with zero attached hydrogens (tertiary/aromatic N) is 1. The number of aromatic hydroxyl groups is 1. The van der Waals surface area contributed by atoms with E-state index in [-0.39, 0.29) is 37.5 Å². The van der Waals surface area contributed by atoms with Gasteiger partial charge in [-0.1, -0.05) is 12.1 Å².